The molecule has 0 atom stereocenters. The van der Waals surface area contributed by atoms with Gasteiger partial charge in [0, 0.05) is 19.4 Å². The highest BCUT2D eigenvalue weighted by atomic mass is 16.4. The number of rotatable bonds is 4. The molecule has 1 aromatic rings. The molecule has 1 saturated carbocycles. The van der Waals surface area contributed by atoms with Crippen molar-refractivity contribution in [3.8, 4) is 0 Å². The molecule has 0 aromatic carbocycles. The fraction of sp³-hybridized carbons (Fsp3) is 0.643. The second-order valence-electron chi connectivity index (χ2n) is 5.89. The normalized spacial score (nSPS) is 25.3. The van der Waals surface area contributed by atoms with Crippen LogP contribution < -0.4 is 5.32 Å². The summed E-state index contributed by atoms with van der Waals surface area (Å²) in [5, 5.41) is 12.2. The van der Waals surface area contributed by atoms with Crippen LogP contribution in [0.1, 0.15) is 38.4 Å². The van der Waals surface area contributed by atoms with Crippen LogP contribution in [0.4, 0.5) is 4.79 Å². The van der Waals surface area contributed by atoms with E-state index in [1.807, 2.05) is 0 Å². The molecule has 0 bridgehead atoms. The molecule has 116 valence electrons. The van der Waals surface area contributed by atoms with Crippen molar-refractivity contribution >= 4 is 12.0 Å². The number of hydrogen-bond acceptors (Lipinski definition) is 3. The minimum atomic E-state index is -1.14. The number of hydrogen-bond donors (Lipinski definition) is 3. The minimum Gasteiger partial charge on any atom is -0.480 e. The van der Waals surface area contributed by atoms with Gasteiger partial charge in [0.1, 0.15) is 11.4 Å². The van der Waals surface area contributed by atoms with Crippen molar-refractivity contribution in [1.29, 1.82) is 0 Å². The number of aromatic nitrogens is 2. The van der Waals surface area contributed by atoms with Gasteiger partial charge in [0.2, 0.25) is 0 Å². The van der Waals surface area contributed by atoms with Crippen molar-refractivity contribution in [2.75, 3.05) is 7.05 Å². The van der Waals surface area contributed by atoms with E-state index in [9.17, 15) is 14.7 Å². The molecular weight excluding hydrogens is 272 g/mol. The third kappa shape index (κ3) is 3.53. The predicted octanol–water partition coefficient (Wildman–Crippen LogP) is 1.58. The van der Waals surface area contributed by atoms with E-state index in [0.717, 1.165) is 12.8 Å². The number of nitrogens with one attached hydrogen (secondary N) is 2. The number of carbonyl (C=O) groups is 2. The molecule has 3 N–H and O–H groups in total. The molecule has 0 aliphatic heterocycles. The molecule has 21 heavy (non-hydrogen) atoms. The summed E-state index contributed by atoms with van der Waals surface area (Å²) in [5.41, 5.74) is -1.14. The van der Waals surface area contributed by atoms with E-state index >= 15 is 0 Å². The number of urea groups is 1. The fourth-order valence-electron chi connectivity index (χ4n) is 2.63. The van der Waals surface area contributed by atoms with Crippen LogP contribution in [0.3, 0.4) is 0 Å². The molecule has 7 heteroatoms. The van der Waals surface area contributed by atoms with Gasteiger partial charge in [-0.05, 0) is 31.6 Å². The van der Waals surface area contributed by atoms with Crippen molar-refractivity contribution in [3.05, 3.63) is 18.2 Å². The summed E-state index contributed by atoms with van der Waals surface area (Å²) < 4.78 is 0. The Morgan fingerprint density at radius 1 is 1.52 bits per heavy atom. The molecule has 0 saturated heterocycles. The number of imidazole rings is 1. The Bertz CT molecular complexity index is 492. The number of carbonyl (C=O) groups excluding carboxylic acids is 1. The Morgan fingerprint density at radius 2 is 2.19 bits per heavy atom. The second-order valence-corrected chi connectivity index (χ2v) is 5.89. The first-order valence-electron chi connectivity index (χ1n) is 7.18. The van der Waals surface area contributed by atoms with Gasteiger partial charge < -0.3 is 20.3 Å². The van der Waals surface area contributed by atoms with E-state index in [1.54, 1.807) is 19.4 Å². The first kappa shape index (κ1) is 15.3. The third-order valence-corrected chi connectivity index (χ3v) is 4.17. The summed E-state index contributed by atoms with van der Waals surface area (Å²) in [6, 6.07) is -0.386. The zero-order valence-corrected chi connectivity index (χ0v) is 12.4. The van der Waals surface area contributed by atoms with Gasteiger partial charge in [-0.2, -0.15) is 0 Å². The lowest BCUT2D eigenvalue weighted by Gasteiger charge is -2.37. The zero-order valence-electron chi connectivity index (χ0n) is 12.4. The number of aromatic amines is 1. The molecule has 2 rings (SSSR count). The molecule has 1 fully saturated rings. The Labute approximate surface area is 123 Å². The first-order chi connectivity index (χ1) is 9.93. The molecule has 1 aliphatic rings. The SMILES string of the molecule is CC1CCC(NC(=O)N(C)Cc2ncc[nH]2)(C(=O)O)CC1. The van der Waals surface area contributed by atoms with Crippen LogP contribution in [0.2, 0.25) is 0 Å². The van der Waals surface area contributed by atoms with Crippen LogP contribution in [-0.4, -0.2) is 44.6 Å². The molecule has 7 nitrogen and oxygen atoms in total. The van der Waals surface area contributed by atoms with Crippen LogP contribution in [0, 0.1) is 5.92 Å². The molecule has 0 unspecified atom stereocenters. The maximum absolute atomic E-state index is 12.2. The van der Waals surface area contributed by atoms with Crippen LogP contribution >= 0.6 is 0 Å². The van der Waals surface area contributed by atoms with Crippen molar-refractivity contribution in [2.45, 2.75) is 44.7 Å². The van der Waals surface area contributed by atoms with Gasteiger partial charge in [-0.1, -0.05) is 6.92 Å². The van der Waals surface area contributed by atoms with E-state index in [1.165, 1.54) is 4.90 Å². The Kier molecular flexibility index (Phi) is 4.50. The van der Waals surface area contributed by atoms with Crippen molar-refractivity contribution < 1.29 is 14.7 Å². The first-order valence-corrected chi connectivity index (χ1v) is 7.18. The van der Waals surface area contributed by atoms with Crippen LogP contribution in [0.15, 0.2) is 12.4 Å². The molecule has 1 aliphatic carbocycles. The fourth-order valence-corrected chi connectivity index (χ4v) is 2.63. The largest absolute Gasteiger partial charge is 0.480 e. The smallest absolute Gasteiger partial charge is 0.329 e. The van der Waals surface area contributed by atoms with Crippen LogP contribution in [0.5, 0.6) is 0 Å². The molecular formula is C14H22N4O3. The topological polar surface area (TPSA) is 98.3 Å². The van der Waals surface area contributed by atoms with Gasteiger partial charge in [-0.3, -0.25) is 0 Å². The van der Waals surface area contributed by atoms with E-state index in [2.05, 4.69) is 22.2 Å². The van der Waals surface area contributed by atoms with Gasteiger partial charge in [-0.25, -0.2) is 14.6 Å². The Balaban J connectivity index is 1.99. The maximum atomic E-state index is 12.2. The minimum absolute atomic E-state index is 0.310. The molecule has 2 amide bonds. The molecule has 0 radical (unpaired) electrons. The quantitative estimate of drug-likeness (QED) is 0.785. The summed E-state index contributed by atoms with van der Waals surface area (Å²) >= 11 is 0. The van der Waals surface area contributed by atoms with Gasteiger partial charge in [-0.15, -0.1) is 0 Å². The monoisotopic (exact) mass is 294 g/mol. The van der Waals surface area contributed by atoms with Crippen molar-refractivity contribution in [3.63, 3.8) is 0 Å². The molecule has 1 heterocycles. The average molecular weight is 294 g/mol. The van der Waals surface area contributed by atoms with Gasteiger partial charge in [0.05, 0.1) is 6.54 Å². The summed E-state index contributed by atoms with van der Waals surface area (Å²) in [6.45, 7) is 2.42. The van der Waals surface area contributed by atoms with Crippen molar-refractivity contribution in [2.24, 2.45) is 5.92 Å². The van der Waals surface area contributed by atoms with Crippen LogP contribution in [0.25, 0.3) is 0 Å². The van der Waals surface area contributed by atoms with E-state index in [0.29, 0.717) is 31.1 Å². The predicted molar refractivity (Wildman–Crippen MR) is 76.6 cm³/mol. The summed E-state index contributed by atoms with van der Waals surface area (Å²) in [6.07, 6.45) is 5.88. The summed E-state index contributed by atoms with van der Waals surface area (Å²) in [7, 11) is 1.62. The number of carboxylic acids is 1. The summed E-state index contributed by atoms with van der Waals surface area (Å²) in [4.78, 5) is 32.2. The van der Waals surface area contributed by atoms with Crippen LogP contribution in [-0.2, 0) is 11.3 Å². The lowest BCUT2D eigenvalue weighted by molar-refractivity contribution is -0.146. The highest BCUT2D eigenvalue weighted by Crippen LogP contribution is 2.32. The number of H-pyrrole nitrogens is 1. The van der Waals surface area contributed by atoms with Crippen molar-refractivity contribution in [1.82, 2.24) is 20.2 Å². The Hall–Kier alpha value is -2.05. The Morgan fingerprint density at radius 3 is 2.71 bits per heavy atom. The molecule has 1 aromatic heterocycles. The highest BCUT2D eigenvalue weighted by Gasteiger charge is 2.43. The molecule has 0 spiro atoms. The number of amides is 2. The van der Waals surface area contributed by atoms with E-state index in [-0.39, 0.29) is 6.03 Å². The number of aliphatic carboxylic acids is 1. The number of nitrogens with zero attached hydrogens (tertiary/aromatic N) is 2. The van der Waals surface area contributed by atoms with Gasteiger partial charge in [0.25, 0.3) is 0 Å². The lowest BCUT2D eigenvalue weighted by Crippen LogP contribution is -2.58. The average Bonchev–Trinajstić information content (AvgIpc) is 2.94. The summed E-state index contributed by atoms with van der Waals surface area (Å²) in [5.74, 6) is 0.221. The zero-order chi connectivity index (χ0) is 15.5. The highest BCUT2D eigenvalue weighted by molar-refractivity contribution is 5.86. The lowest BCUT2D eigenvalue weighted by atomic mass is 9.77. The second kappa shape index (κ2) is 6.15. The van der Waals surface area contributed by atoms with E-state index < -0.39 is 11.5 Å². The van der Waals surface area contributed by atoms with E-state index in [4.69, 9.17) is 0 Å². The van der Waals surface area contributed by atoms with Gasteiger partial charge >= 0.3 is 12.0 Å². The third-order valence-electron chi connectivity index (χ3n) is 4.17. The van der Waals surface area contributed by atoms with Gasteiger partial charge in [0.15, 0.2) is 0 Å². The standard InChI is InChI=1S/C14H22N4O3/c1-10-3-5-14(6-4-10,12(19)20)17-13(21)18(2)9-11-15-7-8-16-11/h7-8,10H,3-6,9H2,1-2H3,(H,15,16)(H,17,21)(H,19,20). The maximum Gasteiger partial charge on any atom is 0.329 e. The number of carboxylic acid groups (broad SMARTS) is 1.